The Kier molecular flexibility index (Phi) is 13.1. The van der Waals surface area contributed by atoms with Crippen LogP contribution in [0.3, 0.4) is 0 Å². The molecule has 0 spiro atoms. The van der Waals surface area contributed by atoms with Crippen molar-refractivity contribution in [1.29, 1.82) is 0 Å². The highest BCUT2D eigenvalue weighted by atomic mass is 35.5. The van der Waals surface area contributed by atoms with Crippen molar-refractivity contribution in [3.63, 3.8) is 0 Å². The number of hydrogen-bond donors (Lipinski definition) is 0. The Morgan fingerprint density at radius 1 is 0.550 bits per heavy atom. The molecule has 0 atom stereocenters. The maximum absolute atomic E-state index is 12.6. The van der Waals surface area contributed by atoms with E-state index in [0.29, 0.717) is 35.8 Å². The lowest BCUT2D eigenvalue weighted by Crippen LogP contribution is -2.10. The molecule has 3 rings (SSSR count). The highest BCUT2D eigenvalue weighted by Gasteiger charge is 2.19. The van der Waals surface area contributed by atoms with Gasteiger partial charge in [-0.3, -0.25) is 0 Å². The van der Waals surface area contributed by atoms with Crippen molar-refractivity contribution in [2.45, 2.75) is 65.2 Å². The first kappa shape index (κ1) is 31.3. The molecule has 3 aromatic rings. The number of esters is 2. The highest BCUT2D eigenvalue weighted by molar-refractivity contribution is 6.44. The summed E-state index contributed by atoms with van der Waals surface area (Å²) in [6.45, 7) is 5.59. The first-order valence-electron chi connectivity index (χ1n) is 13.8. The number of ether oxygens (including phenoxy) is 4. The minimum absolute atomic E-state index is 0.0424. The van der Waals surface area contributed by atoms with Crippen LogP contribution < -0.4 is 18.9 Å². The van der Waals surface area contributed by atoms with Crippen molar-refractivity contribution in [3.8, 4) is 23.0 Å². The molecule has 0 aromatic heterocycles. The third kappa shape index (κ3) is 9.76. The van der Waals surface area contributed by atoms with Gasteiger partial charge in [0.1, 0.15) is 21.5 Å². The maximum atomic E-state index is 12.6. The molecule has 0 aliphatic heterocycles. The summed E-state index contributed by atoms with van der Waals surface area (Å²) < 4.78 is 22.3. The van der Waals surface area contributed by atoms with E-state index in [9.17, 15) is 9.59 Å². The molecule has 0 aliphatic carbocycles. The topological polar surface area (TPSA) is 71.1 Å². The van der Waals surface area contributed by atoms with Crippen LogP contribution in [0.1, 0.15) is 85.9 Å². The molecule has 3 aromatic carbocycles. The summed E-state index contributed by atoms with van der Waals surface area (Å²) in [6, 6.07) is 16.2. The minimum Gasteiger partial charge on any atom is -0.494 e. The zero-order chi connectivity index (χ0) is 28.7. The van der Waals surface area contributed by atoms with Gasteiger partial charge in [0.2, 0.25) is 0 Å². The molecule has 0 amide bonds. The standard InChI is InChI=1S/C32H36Cl2O6/c1-3-5-7-9-21-37-25-15-11-23(12-16-25)31(35)39-27-19-20-28(30(34)29(27)33)40-32(36)24-13-17-26(18-14-24)38-22-10-8-6-4-2/h11-20H,3-10,21-22H2,1-2H3. The number of halogens is 2. The van der Waals surface area contributed by atoms with Gasteiger partial charge in [0.15, 0.2) is 11.5 Å². The first-order chi connectivity index (χ1) is 19.4. The molecule has 0 saturated heterocycles. The van der Waals surface area contributed by atoms with Crippen LogP contribution in [0.2, 0.25) is 10.0 Å². The van der Waals surface area contributed by atoms with Gasteiger partial charge in [0.25, 0.3) is 0 Å². The zero-order valence-electron chi connectivity index (χ0n) is 23.0. The summed E-state index contributed by atoms with van der Waals surface area (Å²) in [5.74, 6) is 0.255. The Balaban J connectivity index is 1.53. The summed E-state index contributed by atoms with van der Waals surface area (Å²) >= 11 is 12.7. The summed E-state index contributed by atoms with van der Waals surface area (Å²) in [5.41, 5.74) is 0.656. The Morgan fingerprint density at radius 2 is 0.925 bits per heavy atom. The third-order valence-electron chi connectivity index (χ3n) is 6.13. The SMILES string of the molecule is CCCCCCOc1ccc(C(=O)Oc2ccc(OC(=O)c3ccc(OCCCCCC)cc3)c(Cl)c2Cl)cc1. The molecular formula is C32H36Cl2O6. The average molecular weight is 588 g/mol. The Hall–Kier alpha value is -3.22. The molecule has 0 bridgehead atoms. The molecule has 214 valence electrons. The lowest BCUT2D eigenvalue weighted by molar-refractivity contribution is 0.0719. The molecule has 6 nitrogen and oxygen atoms in total. The van der Waals surface area contributed by atoms with Gasteiger partial charge in [0.05, 0.1) is 24.3 Å². The van der Waals surface area contributed by atoms with Gasteiger partial charge in [-0.25, -0.2) is 9.59 Å². The lowest BCUT2D eigenvalue weighted by atomic mass is 10.2. The van der Waals surface area contributed by atoms with Gasteiger partial charge in [-0.1, -0.05) is 75.6 Å². The van der Waals surface area contributed by atoms with E-state index >= 15 is 0 Å². The van der Waals surface area contributed by atoms with E-state index in [1.54, 1.807) is 48.5 Å². The quantitative estimate of drug-likeness (QED) is 0.0945. The lowest BCUT2D eigenvalue weighted by Gasteiger charge is -2.12. The fourth-order valence-corrected chi connectivity index (χ4v) is 4.19. The molecule has 0 fully saturated rings. The van der Waals surface area contributed by atoms with Gasteiger partial charge < -0.3 is 18.9 Å². The van der Waals surface area contributed by atoms with Gasteiger partial charge in [-0.05, 0) is 73.5 Å². The fourth-order valence-electron chi connectivity index (χ4n) is 3.80. The van der Waals surface area contributed by atoms with Gasteiger partial charge in [-0.15, -0.1) is 0 Å². The second-order valence-electron chi connectivity index (χ2n) is 9.34. The first-order valence-corrected chi connectivity index (χ1v) is 14.6. The van der Waals surface area contributed by atoms with Crippen molar-refractivity contribution in [1.82, 2.24) is 0 Å². The fraction of sp³-hybridized carbons (Fsp3) is 0.375. The summed E-state index contributed by atoms with van der Waals surface area (Å²) in [4.78, 5) is 25.3. The Labute approximate surface area is 246 Å². The number of unbranched alkanes of at least 4 members (excludes halogenated alkanes) is 6. The summed E-state index contributed by atoms with van der Waals surface area (Å²) in [7, 11) is 0. The van der Waals surface area contributed by atoms with Crippen LogP contribution in [0.4, 0.5) is 0 Å². The van der Waals surface area contributed by atoms with E-state index in [-0.39, 0.29) is 21.5 Å². The van der Waals surface area contributed by atoms with Crippen LogP contribution in [0.15, 0.2) is 60.7 Å². The van der Waals surface area contributed by atoms with Gasteiger partial charge in [0, 0.05) is 0 Å². The normalized spacial score (nSPS) is 10.7. The van der Waals surface area contributed by atoms with E-state index in [1.807, 2.05) is 0 Å². The predicted molar refractivity (Wildman–Crippen MR) is 159 cm³/mol. The minimum atomic E-state index is -0.607. The second kappa shape index (κ2) is 16.8. The largest absolute Gasteiger partial charge is 0.494 e. The van der Waals surface area contributed by atoms with E-state index in [0.717, 1.165) is 25.7 Å². The monoisotopic (exact) mass is 586 g/mol. The molecule has 0 saturated carbocycles. The highest BCUT2D eigenvalue weighted by Crippen LogP contribution is 2.39. The maximum Gasteiger partial charge on any atom is 0.343 e. The van der Waals surface area contributed by atoms with Gasteiger partial charge in [-0.2, -0.15) is 0 Å². The molecule has 40 heavy (non-hydrogen) atoms. The number of rotatable bonds is 16. The van der Waals surface area contributed by atoms with Crippen LogP contribution in [-0.4, -0.2) is 25.2 Å². The van der Waals surface area contributed by atoms with Crippen LogP contribution >= 0.6 is 23.2 Å². The zero-order valence-corrected chi connectivity index (χ0v) is 24.6. The van der Waals surface area contributed by atoms with Crippen molar-refractivity contribution in [3.05, 3.63) is 81.8 Å². The molecule has 0 N–H and O–H groups in total. The molecular weight excluding hydrogens is 551 g/mol. The van der Waals surface area contributed by atoms with Crippen LogP contribution in [-0.2, 0) is 0 Å². The van der Waals surface area contributed by atoms with Gasteiger partial charge >= 0.3 is 11.9 Å². The number of benzene rings is 3. The summed E-state index contributed by atoms with van der Waals surface area (Å²) in [6.07, 6.45) is 8.95. The summed E-state index contributed by atoms with van der Waals surface area (Å²) in [5, 5.41) is -0.0849. The smallest absolute Gasteiger partial charge is 0.343 e. The average Bonchev–Trinajstić information content (AvgIpc) is 2.97. The second-order valence-corrected chi connectivity index (χ2v) is 10.1. The molecule has 0 aliphatic rings. The van der Waals surface area contributed by atoms with E-state index in [1.165, 1.54) is 37.8 Å². The molecule has 0 radical (unpaired) electrons. The van der Waals surface area contributed by atoms with Crippen molar-refractivity contribution < 1.29 is 28.5 Å². The Morgan fingerprint density at radius 3 is 1.27 bits per heavy atom. The van der Waals surface area contributed by atoms with E-state index < -0.39 is 11.9 Å². The number of carbonyl (C=O) groups is 2. The van der Waals surface area contributed by atoms with Crippen LogP contribution in [0.25, 0.3) is 0 Å². The van der Waals surface area contributed by atoms with Crippen molar-refractivity contribution in [2.24, 2.45) is 0 Å². The molecule has 0 heterocycles. The van der Waals surface area contributed by atoms with E-state index in [4.69, 9.17) is 42.1 Å². The van der Waals surface area contributed by atoms with Crippen molar-refractivity contribution >= 4 is 35.1 Å². The van der Waals surface area contributed by atoms with E-state index in [2.05, 4.69) is 13.8 Å². The van der Waals surface area contributed by atoms with Crippen LogP contribution in [0, 0.1) is 0 Å². The number of carbonyl (C=O) groups excluding carboxylic acids is 2. The molecule has 8 heteroatoms. The third-order valence-corrected chi connectivity index (χ3v) is 6.98. The Bertz CT molecular complexity index is 1130. The van der Waals surface area contributed by atoms with Crippen LogP contribution in [0.5, 0.6) is 23.0 Å². The van der Waals surface area contributed by atoms with Crippen molar-refractivity contribution in [2.75, 3.05) is 13.2 Å². The number of hydrogen-bond acceptors (Lipinski definition) is 6. The predicted octanol–water partition coefficient (Wildman–Crippen LogP) is 9.35. The molecule has 0 unspecified atom stereocenters.